The highest BCUT2D eigenvalue weighted by molar-refractivity contribution is 5.85. The molecule has 1 unspecified atom stereocenters. The molecular formula is C20H23Cl2F3N2O2. The van der Waals surface area contributed by atoms with Gasteiger partial charge in [-0.2, -0.15) is 13.2 Å². The molecule has 0 spiro atoms. The smallest absolute Gasteiger partial charge is 0.416 e. The van der Waals surface area contributed by atoms with E-state index in [0.29, 0.717) is 26.2 Å². The van der Waals surface area contributed by atoms with E-state index in [-0.39, 0.29) is 37.4 Å². The highest BCUT2D eigenvalue weighted by Gasteiger charge is 2.31. The molecule has 3 rings (SSSR count). The first kappa shape index (κ1) is 25.2. The maximum atomic E-state index is 12.9. The molecule has 1 saturated heterocycles. The molecule has 1 aliphatic rings. The summed E-state index contributed by atoms with van der Waals surface area (Å²) >= 11 is 0. The van der Waals surface area contributed by atoms with Crippen LogP contribution in [0.4, 0.5) is 13.2 Å². The molecule has 0 amide bonds. The monoisotopic (exact) mass is 450 g/mol. The summed E-state index contributed by atoms with van der Waals surface area (Å²) in [7, 11) is 0. The van der Waals surface area contributed by atoms with Crippen molar-refractivity contribution in [3.63, 3.8) is 0 Å². The fraction of sp³-hybridized carbons (Fsp3) is 0.350. The summed E-state index contributed by atoms with van der Waals surface area (Å²) in [4.78, 5) is 15.0. The van der Waals surface area contributed by atoms with Crippen molar-refractivity contribution in [3.8, 4) is 0 Å². The van der Waals surface area contributed by atoms with Gasteiger partial charge in [0.25, 0.3) is 0 Å². The van der Waals surface area contributed by atoms with E-state index < -0.39 is 17.7 Å². The topological polar surface area (TPSA) is 43.8 Å². The van der Waals surface area contributed by atoms with Crippen LogP contribution < -0.4 is 0 Å². The standard InChI is InChI=1S/C20H21F3N2O2.2ClH/c21-20(22,23)17-8-6-16(7-9-17)19(15-4-2-1-3-5-15)25-12-10-24(11-13-25)14-18(26)27;;/h1-9,19H,10-14H2,(H,26,27);2*1H. The first-order valence-electron chi connectivity index (χ1n) is 8.75. The number of aliphatic carboxylic acids is 1. The first-order chi connectivity index (χ1) is 12.8. The highest BCUT2D eigenvalue weighted by Crippen LogP contribution is 2.33. The van der Waals surface area contributed by atoms with Crippen molar-refractivity contribution in [2.45, 2.75) is 12.2 Å². The Hall–Kier alpha value is -1.80. The Morgan fingerprint density at radius 1 is 0.897 bits per heavy atom. The molecule has 1 heterocycles. The predicted octanol–water partition coefficient (Wildman–Crippen LogP) is 4.34. The second-order valence-corrected chi connectivity index (χ2v) is 6.64. The third-order valence-electron chi connectivity index (χ3n) is 4.80. The zero-order valence-corrected chi connectivity index (χ0v) is 17.1. The Morgan fingerprint density at radius 2 is 1.41 bits per heavy atom. The summed E-state index contributed by atoms with van der Waals surface area (Å²) in [5, 5.41) is 8.94. The Labute approximate surface area is 180 Å². The molecule has 0 bridgehead atoms. The predicted molar refractivity (Wildman–Crippen MR) is 110 cm³/mol. The van der Waals surface area contributed by atoms with Gasteiger partial charge in [0.15, 0.2) is 0 Å². The van der Waals surface area contributed by atoms with Gasteiger partial charge in [-0.15, -0.1) is 24.8 Å². The van der Waals surface area contributed by atoms with Gasteiger partial charge in [-0.25, -0.2) is 0 Å². The van der Waals surface area contributed by atoms with Crippen LogP contribution in [0, 0.1) is 0 Å². The summed E-state index contributed by atoms with van der Waals surface area (Å²) in [6.45, 7) is 2.51. The van der Waals surface area contributed by atoms with Crippen molar-refractivity contribution in [2.24, 2.45) is 0 Å². The molecule has 1 N–H and O–H groups in total. The number of halogens is 5. The minimum Gasteiger partial charge on any atom is -0.480 e. The zero-order chi connectivity index (χ0) is 19.4. The van der Waals surface area contributed by atoms with E-state index in [1.807, 2.05) is 35.2 Å². The van der Waals surface area contributed by atoms with Crippen molar-refractivity contribution in [2.75, 3.05) is 32.7 Å². The van der Waals surface area contributed by atoms with Crippen molar-refractivity contribution in [1.82, 2.24) is 9.80 Å². The fourth-order valence-electron chi connectivity index (χ4n) is 3.47. The third kappa shape index (κ3) is 6.60. The van der Waals surface area contributed by atoms with Gasteiger partial charge in [0.2, 0.25) is 0 Å². The Bertz CT molecular complexity index is 766. The number of carboxylic acids is 1. The van der Waals surface area contributed by atoms with E-state index in [4.69, 9.17) is 5.11 Å². The number of rotatable bonds is 5. The van der Waals surface area contributed by atoms with Crippen LogP contribution in [0.1, 0.15) is 22.7 Å². The molecule has 0 aliphatic carbocycles. The van der Waals surface area contributed by atoms with Gasteiger partial charge in [-0.05, 0) is 23.3 Å². The van der Waals surface area contributed by atoms with Crippen molar-refractivity contribution in [1.29, 1.82) is 0 Å². The van der Waals surface area contributed by atoms with E-state index in [2.05, 4.69) is 4.90 Å². The van der Waals surface area contributed by atoms with Gasteiger partial charge in [-0.3, -0.25) is 14.6 Å². The lowest BCUT2D eigenvalue weighted by Crippen LogP contribution is -2.49. The second-order valence-electron chi connectivity index (χ2n) is 6.64. The van der Waals surface area contributed by atoms with E-state index in [1.54, 1.807) is 0 Å². The molecular weight excluding hydrogens is 428 g/mol. The molecule has 2 aromatic carbocycles. The van der Waals surface area contributed by atoms with Gasteiger partial charge in [-0.1, -0.05) is 42.5 Å². The third-order valence-corrected chi connectivity index (χ3v) is 4.80. The first-order valence-corrected chi connectivity index (χ1v) is 8.75. The molecule has 0 radical (unpaired) electrons. The molecule has 2 aromatic rings. The van der Waals surface area contributed by atoms with Crippen LogP contribution in [0.25, 0.3) is 0 Å². The molecule has 29 heavy (non-hydrogen) atoms. The summed E-state index contributed by atoms with van der Waals surface area (Å²) in [6.07, 6.45) is -4.36. The van der Waals surface area contributed by atoms with Gasteiger partial charge in [0, 0.05) is 26.2 Å². The summed E-state index contributed by atoms with van der Waals surface area (Å²) in [6, 6.07) is 14.8. The zero-order valence-electron chi connectivity index (χ0n) is 15.5. The maximum absolute atomic E-state index is 12.9. The number of hydrogen-bond donors (Lipinski definition) is 1. The molecule has 4 nitrogen and oxygen atoms in total. The summed E-state index contributed by atoms with van der Waals surface area (Å²) < 4.78 is 38.6. The van der Waals surface area contributed by atoms with Gasteiger partial charge in [0.05, 0.1) is 18.2 Å². The summed E-state index contributed by atoms with van der Waals surface area (Å²) in [5.74, 6) is -0.856. The summed E-state index contributed by atoms with van der Waals surface area (Å²) in [5.41, 5.74) is 1.13. The minimum absolute atomic E-state index is 0. The molecule has 0 saturated carbocycles. The number of alkyl halides is 3. The molecule has 9 heteroatoms. The Morgan fingerprint density at radius 3 is 1.90 bits per heavy atom. The van der Waals surface area contributed by atoms with Crippen LogP contribution >= 0.6 is 24.8 Å². The quantitative estimate of drug-likeness (QED) is 0.735. The number of carbonyl (C=O) groups is 1. The van der Waals surface area contributed by atoms with E-state index in [1.165, 1.54) is 12.1 Å². The highest BCUT2D eigenvalue weighted by atomic mass is 35.5. The van der Waals surface area contributed by atoms with Gasteiger partial charge in [0.1, 0.15) is 0 Å². The molecule has 1 atom stereocenters. The van der Waals surface area contributed by atoms with E-state index >= 15 is 0 Å². The van der Waals surface area contributed by atoms with E-state index in [0.717, 1.165) is 23.3 Å². The van der Waals surface area contributed by atoms with Crippen molar-refractivity contribution in [3.05, 3.63) is 71.3 Å². The number of hydrogen-bond acceptors (Lipinski definition) is 3. The van der Waals surface area contributed by atoms with Crippen LogP contribution in [0.2, 0.25) is 0 Å². The van der Waals surface area contributed by atoms with Crippen LogP contribution in [0.5, 0.6) is 0 Å². The van der Waals surface area contributed by atoms with Gasteiger partial charge < -0.3 is 5.11 Å². The minimum atomic E-state index is -4.36. The number of carboxylic acid groups (broad SMARTS) is 1. The fourth-order valence-corrected chi connectivity index (χ4v) is 3.47. The number of benzene rings is 2. The lowest BCUT2D eigenvalue weighted by molar-refractivity contribution is -0.139. The molecule has 0 aromatic heterocycles. The Kier molecular flexibility index (Phi) is 9.42. The van der Waals surface area contributed by atoms with Crippen molar-refractivity contribution >= 4 is 30.8 Å². The average Bonchev–Trinajstić information content (AvgIpc) is 2.64. The van der Waals surface area contributed by atoms with Gasteiger partial charge >= 0.3 is 12.1 Å². The Balaban J connectivity index is 0.00000210. The lowest BCUT2D eigenvalue weighted by Gasteiger charge is -2.39. The SMILES string of the molecule is Cl.Cl.O=C(O)CN1CCN(C(c2ccccc2)c2ccc(C(F)(F)F)cc2)CC1. The maximum Gasteiger partial charge on any atom is 0.416 e. The number of piperazine rings is 1. The molecule has 1 aliphatic heterocycles. The molecule has 160 valence electrons. The lowest BCUT2D eigenvalue weighted by atomic mass is 9.95. The number of nitrogens with zero attached hydrogens (tertiary/aromatic N) is 2. The second kappa shape index (κ2) is 10.8. The molecule has 1 fully saturated rings. The van der Waals surface area contributed by atoms with Crippen LogP contribution in [0.3, 0.4) is 0 Å². The van der Waals surface area contributed by atoms with Crippen molar-refractivity contribution < 1.29 is 23.1 Å². The average molecular weight is 451 g/mol. The van der Waals surface area contributed by atoms with E-state index in [9.17, 15) is 18.0 Å². The normalized spacial score (nSPS) is 16.4. The van der Waals surface area contributed by atoms with Crippen LogP contribution in [-0.4, -0.2) is 53.6 Å². The van der Waals surface area contributed by atoms with Crippen LogP contribution in [0.15, 0.2) is 54.6 Å². The van der Waals surface area contributed by atoms with Crippen LogP contribution in [-0.2, 0) is 11.0 Å². The largest absolute Gasteiger partial charge is 0.480 e.